The summed E-state index contributed by atoms with van der Waals surface area (Å²) >= 11 is 12.9. The van der Waals surface area contributed by atoms with E-state index in [9.17, 15) is 14.7 Å². The number of carbonyl (C=O) groups is 2. The molecule has 0 heterocycles. The van der Waals surface area contributed by atoms with Crippen LogP contribution >= 0.6 is 23.2 Å². The topological polar surface area (TPSA) is 84.9 Å². The molecule has 3 rings (SSSR count). The number of hydrogen-bond donors (Lipinski definition) is 2. The summed E-state index contributed by atoms with van der Waals surface area (Å²) in [6.45, 7) is 7.55. The van der Waals surface area contributed by atoms with Gasteiger partial charge in [-0.1, -0.05) is 53.9 Å². The molecule has 8 heteroatoms. The van der Waals surface area contributed by atoms with Gasteiger partial charge in [-0.2, -0.15) is 0 Å². The second-order valence-corrected chi connectivity index (χ2v) is 9.03. The maximum Gasteiger partial charge on any atom is 0.265 e. The zero-order valence-electron chi connectivity index (χ0n) is 19.9. The van der Waals surface area contributed by atoms with E-state index >= 15 is 0 Å². The number of benzene rings is 3. The highest BCUT2D eigenvalue weighted by molar-refractivity contribution is 6.37. The molecule has 35 heavy (non-hydrogen) atoms. The van der Waals surface area contributed by atoms with Crippen molar-refractivity contribution in [2.45, 2.75) is 46.8 Å². The Morgan fingerprint density at radius 3 is 2.49 bits per heavy atom. The molecule has 0 spiro atoms. The lowest BCUT2D eigenvalue weighted by molar-refractivity contribution is -0.122. The van der Waals surface area contributed by atoms with Crippen molar-refractivity contribution in [3.8, 4) is 17.2 Å². The molecule has 0 radical (unpaired) electrons. The lowest BCUT2D eigenvalue weighted by atomic mass is 10.1. The number of aromatic hydroxyl groups is 1. The molecule has 1 amide bonds. The molecule has 2 N–H and O–H groups in total. The number of carbonyl (C=O) groups excluding carboxylic acids is 2. The van der Waals surface area contributed by atoms with Gasteiger partial charge >= 0.3 is 0 Å². The van der Waals surface area contributed by atoms with Crippen LogP contribution in [0.25, 0.3) is 0 Å². The molecule has 1 atom stereocenters. The monoisotopic (exact) mass is 515 g/mol. The van der Waals surface area contributed by atoms with Crippen LogP contribution in [0.5, 0.6) is 17.2 Å². The second-order valence-electron chi connectivity index (χ2n) is 8.25. The largest absolute Gasteiger partial charge is 0.507 e. The zero-order chi connectivity index (χ0) is 25.7. The van der Waals surface area contributed by atoms with Crippen molar-refractivity contribution in [1.82, 2.24) is 0 Å². The first kappa shape index (κ1) is 26.4. The van der Waals surface area contributed by atoms with Gasteiger partial charge in [0.05, 0.1) is 16.3 Å². The second kappa shape index (κ2) is 11.5. The maximum absolute atomic E-state index is 13.1. The summed E-state index contributed by atoms with van der Waals surface area (Å²) in [5, 5.41) is 13.4. The summed E-state index contributed by atoms with van der Waals surface area (Å²) in [5.74, 6) is 0.346. The van der Waals surface area contributed by atoms with Gasteiger partial charge in [0.1, 0.15) is 18.1 Å². The molecule has 184 valence electrons. The van der Waals surface area contributed by atoms with Gasteiger partial charge in [-0.25, -0.2) is 0 Å². The first-order valence-electron chi connectivity index (χ1n) is 11.1. The van der Waals surface area contributed by atoms with Crippen LogP contribution in [0.1, 0.15) is 46.0 Å². The van der Waals surface area contributed by atoms with Crippen LogP contribution in [0.15, 0.2) is 42.5 Å². The van der Waals surface area contributed by atoms with Crippen molar-refractivity contribution in [2.75, 3.05) is 5.32 Å². The summed E-state index contributed by atoms with van der Waals surface area (Å²) in [5.41, 5.74) is 3.72. The molecular formula is C27H27Cl2NO5. The third-order valence-electron chi connectivity index (χ3n) is 5.53. The average Bonchev–Trinajstić information content (AvgIpc) is 2.82. The number of amides is 1. The molecule has 0 aliphatic heterocycles. The Hall–Kier alpha value is -3.22. The van der Waals surface area contributed by atoms with E-state index in [0.717, 1.165) is 11.1 Å². The van der Waals surface area contributed by atoms with Crippen molar-refractivity contribution in [3.05, 3.63) is 80.3 Å². The van der Waals surface area contributed by atoms with Gasteiger partial charge in [0.2, 0.25) is 0 Å². The van der Waals surface area contributed by atoms with Crippen LogP contribution in [0, 0.1) is 20.8 Å². The number of aldehydes is 1. The van der Waals surface area contributed by atoms with Crippen molar-refractivity contribution in [3.63, 3.8) is 0 Å². The highest BCUT2D eigenvalue weighted by Gasteiger charge is 2.23. The number of phenolic OH excluding ortho intramolecular Hbond substituents is 1. The van der Waals surface area contributed by atoms with E-state index in [-0.39, 0.29) is 34.6 Å². The predicted molar refractivity (Wildman–Crippen MR) is 138 cm³/mol. The minimum atomic E-state index is -0.754. The average molecular weight is 516 g/mol. The van der Waals surface area contributed by atoms with E-state index in [1.807, 2.05) is 39.0 Å². The Labute approximate surface area is 214 Å². The summed E-state index contributed by atoms with van der Waals surface area (Å²) in [4.78, 5) is 24.1. The van der Waals surface area contributed by atoms with Crippen molar-refractivity contribution < 1.29 is 24.2 Å². The lowest BCUT2D eigenvalue weighted by Crippen LogP contribution is -2.32. The molecule has 0 aliphatic rings. The molecule has 0 aromatic heterocycles. The Morgan fingerprint density at radius 2 is 1.86 bits per heavy atom. The number of nitrogens with one attached hydrogen (secondary N) is 1. The molecule has 0 saturated heterocycles. The van der Waals surface area contributed by atoms with Gasteiger partial charge in [-0.05, 0) is 68.1 Å². The number of halogens is 2. The van der Waals surface area contributed by atoms with Gasteiger partial charge < -0.3 is 19.9 Å². The highest BCUT2D eigenvalue weighted by atomic mass is 35.5. The third-order valence-corrected chi connectivity index (χ3v) is 6.38. The Balaban J connectivity index is 1.84. The van der Waals surface area contributed by atoms with Gasteiger partial charge in [0.25, 0.3) is 5.91 Å². The van der Waals surface area contributed by atoms with E-state index in [1.54, 1.807) is 19.1 Å². The van der Waals surface area contributed by atoms with Crippen LogP contribution in [0.2, 0.25) is 10.0 Å². The number of phenols is 1. The Morgan fingerprint density at radius 1 is 1.11 bits per heavy atom. The van der Waals surface area contributed by atoms with E-state index in [4.69, 9.17) is 32.7 Å². The minimum Gasteiger partial charge on any atom is -0.507 e. The van der Waals surface area contributed by atoms with Crippen LogP contribution in [0.3, 0.4) is 0 Å². The quantitative estimate of drug-likeness (QED) is 0.305. The van der Waals surface area contributed by atoms with Crippen LogP contribution in [-0.4, -0.2) is 23.4 Å². The van der Waals surface area contributed by atoms with Crippen LogP contribution in [0.4, 0.5) is 5.69 Å². The van der Waals surface area contributed by atoms with Crippen LogP contribution < -0.4 is 14.8 Å². The smallest absolute Gasteiger partial charge is 0.265 e. The fraction of sp³-hybridized carbons (Fsp3) is 0.259. The van der Waals surface area contributed by atoms with Gasteiger partial charge in [0, 0.05) is 5.02 Å². The molecule has 0 bridgehead atoms. The number of aryl methyl sites for hydroxylation is 2. The summed E-state index contributed by atoms with van der Waals surface area (Å²) in [7, 11) is 0. The van der Waals surface area contributed by atoms with Crippen molar-refractivity contribution in [2.24, 2.45) is 0 Å². The van der Waals surface area contributed by atoms with E-state index in [1.165, 1.54) is 12.1 Å². The summed E-state index contributed by atoms with van der Waals surface area (Å²) in [6, 6.07) is 11.9. The van der Waals surface area contributed by atoms with E-state index < -0.39 is 6.10 Å². The fourth-order valence-corrected chi connectivity index (χ4v) is 3.99. The van der Waals surface area contributed by atoms with Crippen molar-refractivity contribution in [1.29, 1.82) is 0 Å². The van der Waals surface area contributed by atoms with Crippen molar-refractivity contribution >= 4 is 41.1 Å². The number of hydrogen-bond acceptors (Lipinski definition) is 5. The predicted octanol–water partition coefficient (Wildman–Crippen LogP) is 6.81. The molecule has 6 nitrogen and oxygen atoms in total. The number of rotatable bonds is 9. The van der Waals surface area contributed by atoms with Gasteiger partial charge in [-0.3, -0.25) is 9.59 Å². The van der Waals surface area contributed by atoms with Gasteiger partial charge in [0.15, 0.2) is 18.1 Å². The first-order valence-corrected chi connectivity index (χ1v) is 11.8. The van der Waals surface area contributed by atoms with Crippen LogP contribution in [-0.2, 0) is 11.4 Å². The number of ether oxygens (including phenoxy) is 2. The SMILES string of the molecule is CCC(Oc1ccc(C)cc1C)C(=O)Nc1cc(Cl)c(C)c(Cl)c1OCc1ccc(C=O)c(O)c1. The standard InChI is InChI=1S/C27H27Cl2NO5/c1-5-23(35-24-9-6-15(2)10-16(24)3)27(33)30-21-12-20(28)17(4)25(29)26(21)34-14-18-7-8-19(13-31)22(32)11-18/h6-13,23,32H,5,14H2,1-4H3,(H,30,33). The Bertz CT molecular complexity index is 1260. The molecule has 1 unspecified atom stereocenters. The molecule has 3 aromatic carbocycles. The zero-order valence-corrected chi connectivity index (χ0v) is 21.5. The Kier molecular flexibility index (Phi) is 8.65. The molecular weight excluding hydrogens is 489 g/mol. The van der Waals surface area contributed by atoms with E-state index in [2.05, 4.69) is 5.32 Å². The highest BCUT2D eigenvalue weighted by Crippen LogP contribution is 2.40. The molecule has 0 fully saturated rings. The van der Waals surface area contributed by atoms with E-state index in [0.29, 0.717) is 40.3 Å². The minimum absolute atomic E-state index is 0.0344. The molecule has 0 saturated carbocycles. The third kappa shape index (κ3) is 6.27. The maximum atomic E-state index is 13.1. The fourth-order valence-electron chi connectivity index (χ4n) is 3.48. The van der Waals surface area contributed by atoms with Gasteiger partial charge in [-0.15, -0.1) is 0 Å². The first-order chi connectivity index (χ1) is 16.6. The summed E-state index contributed by atoms with van der Waals surface area (Å²) in [6.07, 6.45) is 0.249. The normalized spacial score (nSPS) is 11.6. The number of anilines is 1. The summed E-state index contributed by atoms with van der Waals surface area (Å²) < 4.78 is 11.9. The lowest BCUT2D eigenvalue weighted by Gasteiger charge is -2.21. The molecule has 0 aliphatic carbocycles. The molecule has 3 aromatic rings.